The first kappa shape index (κ1) is 13.1. The molecule has 0 amide bonds. The van der Waals surface area contributed by atoms with Gasteiger partial charge in [0.05, 0.1) is 6.17 Å². The molecule has 0 aliphatic heterocycles. The molecule has 0 saturated carbocycles. The number of fused-ring (bicyclic) bond motifs is 2. The summed E-state index contributed by atoms with van der Waals surface area (Å²) in [6.45, 7) is 0. The lowest BCUT2D eigenvalue weighted by Crippen LogP contribution is -2.30. The van der Waals surface area contributed by atoms with Gasteiger partial charge in [-0.1, -0.05) is 42.5 Å². The van der Waals surface area contributed by atoms with Gasteiger partial charge in [0.2, 0.25) is 0 Å². The van der Waals surface area contributed by atoms with Crippen LogP contribution in [0, 0.1) is 0 Å². The maximum Gasteiger partial charge on any atom is 0.0520 e. The summed E-state index contributed by atoms with van der Waals surface area (Å²) in [7, 11) is 0. The summed E-state index contributed by atoms with van der Waals surface area (Å²) in [6.07, 6.45) is 2.72. The molecule has 3 aromatic carbocycles. The molecular formula is C18H20N2. The van der Waals surface area contributed by atoms with Gasteiger partial charge in [0.25, 0.3) is 0 Å². The smallest absolute Gasteiger partial charge is 0.0520 e. The van der Waals surface area contributed by atoms with Crippen LogP contribution in [0.3, 0.4) is 0 Å². The Labute approximate surface area is 119 Å². The van der Waals surface area contributed by atoms with Gasteiger partial charge in [-0.2, -0.15) is 0 Å². The molecule has 102 valence electrons. The first-order chi connectivity index (χ1) is 9.74. The Kier molecular flexibility index (Phi) is 3.68. The minimum absolute atomic E-state index is 0.203. The lowest BCUT2D eigenvalue weighted by Gasteiger charge is -2.09. The number of hydrogen-bond acceptors (Lipinski definition) is 2. The highest BCUT2D eigenvalue weighted by Gasteiger charge is 2.04. The predicted octanol–water partition coefficient (Wildman–Crippen LogP) is 3.56. The summed E-state index contributed by atoms with van der Waals surface area (Å²) in [4.78, 5) is 0. The van der Waals surface area contributed by atoms with E-state index >= 15 is 0 Å². The van der Waals surface area contributed by atoms with Crippen molar-refractivity contribution in [2.24, 2.45) is 11.5 Å². The monoisotopic (exact) mass is 264 g/mol. The van der Waals surface area contributed by atoms with Crippen molar-refractivity contribution in [2.45, 2.75) is 25.4 Å². The van der Waals surface area contributed by atoms with Gasteiger partial charge < -0.3 is 11.5 Å². The van der Waals surface area contributed by atoms with Crippen LogP contribution in [0.25, 0.3) is 21.5 Å². The second kappa shape index (κ2) is 5.61. The molecule has 0 unspecified atom stereocenters. The molecule has 0 spiro atoms. The van der Waals surface area contributed by atoms with Crippen LogP contribution in [0.5, 0.6) is 0 Å². The highest BCUT2D eigenvalue weighted by molar-refractivity contribution is 5.99. The Bertz CT molecular complexity index is 732. The molecule has 20 heavy (non-hydrogen) atoms. The molecule has 4 N–H and O–H groups in total. The topological polar surface area (TPSA) is 52.0 Å². The summed E-state index contributed by atoms with van der Waals surface area (Å²) in [5.74, 6) is 0. The lowest BCUT2D eigenvalue weighted by molar-refractivity contribution is 0.603. The van der Waals surface area contributed by atoms with Gasteiger partial charge in [0, 0.05) is 0 Å². The van der Waals surface area contributed by atoms with E-state index in [4.69, 9.17) is 11.5 Å². The zero-order chi connectivity index (χ0) is 13.9. The third-order valence-electron chi connectivity index (χ3n) is 3.82. The van der Waals surface area contributed by atoms with Crippen molar-refractivity contribution in [2.75, 3.05) is 0 Å². The van der Waals surface area contributed by atoms with Crippen molar-refractivity contribution < 1.29 is 0 Å². The molecule has 0 aliphatic carbocycles. The van der Waals surface area contributed by atoms with Gasteiger partial charge in [-0.05, 0) is 58.5 Å². The molecule has 0 radical (unpaired) electrons. The average molecular weight is 264 g/mol. The van der Waals surface area contributed by atoms with E-state index in [1.165, 1.54) is 27.1 Å². The fourth-order valence-corrected chi connectivity index (χ4v) is 2.78. The maximum absolute atomic E-state index is 5.62. The molecule has 0 aromatic heterocycles. The zero-order valence-corrected chi connectivity index (χ0v) is 11.5. The van der Waals surface area contributed by atoms with E-state index < -0.39 is 0 Å². The molecule has 0 saturated heterocycles. The van der Waals surface area contributed by atoms with Crippen molar-refractivity contribution in [3.8, 4) is 0 Å². The van der Waals surface area contributed by atoms with Gasteiger partial charge in [0.15, 0.2) is 0 Å². The first-order valence-electron chi connectivity index (χ1n) is 7.15. The minimum atomic E-state index is -0.203. The van der Waals surface area contributed by atoms with Crippen LogP contribution < -0.4 is 11.5 Å². The molecule has 0 aliphatic rings. The van der Waals surface area contributed by atoms with Crippen LogP contribution in [-0.2, 0) is 6.42 Å². The molecule has 2 heteroatoms. The summed E-state index contributed by atoms with van der Waals surface area (Å²) in [5.41, 5.74) is 12.6. The molecule has 3 aromatic rings. The molecule has 2 nitrogen and oxygen atoms in total. The summed E-state index contributed by atoms with van der Waals surface area (Å²) in [6, 6.07) is 19.6. The molecule has 0 fully saturated rings. The Balaban J connectivity index is 2.01. The van der Waals surface area contributed by atoms with Crippen LogP contribution in [0.1, 0.15) is 18.4 Å². The lowest BCUT2D eigenvalue weighted by atomic mass is 9.97. The van der Waals surface area contributed by atoms with E-state index in [0.717, 1.165) is 19.3 Å². The predicted molar refractivity (Wildman–Crippen MR) is 86.6 cm³/mol. The first-order valence-corrected chi connectivity index (χ1v) is 7.15. The quantitative estimate of drug-likeness (QED) is 0.559. The highest BCUT2D eigenvalue weighted by atomic mass is 14.8. The highest BCUT2D eigenvalue weighted by Crippen LogP contribution is 2.26. The van der Waals surface area contributed by atoms with Crippen molar-refractivity contribution in [3.05, 3.63) is 60.2 Å². The van der Waals surface area contributed by atoms with Crippen molar-refractivity contribution in [1.29, 1.82) is 0 Å². The molecule has 3 rings (SSSR count). The second-order valence-corrected chi connectivity index (χ2v) is 5.39. The van der Waals surface area contributed by atoms with E-state index in [9.17, 15) is 0 Å². The second-order valence-electron chi connectivity index (χ2n) is 5.39. The summed E-state index contributed by atoms with van der Waals surface area (Å²) in [5, 5.41) is 5.24. The molecule has 0 atom stereocenters. The SMILES string of the molecule is NC(N)CCCc1cccc2cc3ccccc3cc12. The fourth-order valence-electron chi connectivity index (χ4n) is 2.78. The van der Waals surface area contributed by atoms with Crippen molar-refractivity contribution in [1.82, 2.24) is 0 Å². The Morgan fingerprint density at radius 2 is 1.50 bits per heavy atom. The largest absolute Gasteiger partial charge is 0.316 e. The Morgan fingerprint density at radius 1 is 0.800 bits per heavy atom. The van der Waals surface area contributed by atoms with Gasteiger partial charge >= 0.3 is 0 Å². The van der Waals surface area contributed by atoms with E-state index in [1.54, 1.807) is 0 Å². The van der Waals surface area contributed by atoms with Crippen molar-refractivity contribution >= 4 is 21.5 Å². The van der Waals surface area contributed by atoms with Gasteiger partial charge in [-0.15, -0.1) is 0 Å². The maximum atomic E-state index is 5.62. The third kappa shape index (κ3) is 2.67. The Morgan fingerprint density at radius 3 is 2.25 bits per heavy atom. The average Bonchev–Trinajstić information content (AvgIpc) is 2.45. The summed E-state index contributed by atoms with van der Waals surface area (Å²) < 4.78 is 0. The van der Waals surface area contributed by atoms with Gasteiger partial charge in [-0.25, -0.2) is 0 Å². The Hall–Kier alpha value is -1.90. The van der Waals surface area contributed by atoms with Gasteiger partial charge in [0.1, 0.15) is 0 Å². The van der Waals surface area contributed by atoms with Crippen LogP contribution in [0.15, 0.2) is 54.6 Å². The number of benzene rings is 3. The van der Waals surface area contributed by atoms with Crippen LogP contribution >= 0.6 is 0 Å². The van der Waals surface area contributed by atoms with E-state index in [-0.39, 0.29) is 6.17 Å². The summed E-state index contributed by atoms with van der Waals surface area (Å²) >= 11 is 0. The normalized spacial score (nSPS) is 11.6. The number of hydrogen-bond donors (Lipinski definition) is 2. The van der Waals surface area contributed by atoms with E-state index in [2.05, 4.69) is 54.6 Å². The molecule has 0 bridgehead atoms. The van der Waals surface area contributed by atoms with Crippen LogP contribution in [0.2, 0.25) is 0 Å². The van der Waals surface area contributed by atoms with Gasteiger partial charge in [-0.3, -0.25) is 0 Å². The van der Waals surface area contributed by atoms with Crippen molar-refractivity contribution in [3.63, 3.8) is 0 Å². The molecular weight excluding hydrogens is 244 g/mol. The number of nitrogens with two attached hydrogens (primary N) is 2. The number of aryl methyl sites for hydroxylation is 1. The standard InChI is InChI=1S/C18H20N2/c19-18(20)10-4-8-13-7-3-9-16-11-14-5-1-2-6-15(14)12-17(13)16/h1-3,5-7,9,11-12,18H,4,8,10,19-20H2. The zero-order valence-electron chi connectivity index (χ0n) is 11.5. The van der Waals surface area contributed by atoms with Crippen LogP contribution in [0.4, 0.5) is 0 Å². The van der Waals surface area contributed by atoms with Crippen LogP contribution in [-0.4, -0.2) is 6.17 Å². The number of rotatable bonds is 4. The van der Waals surface area contributed by atoms with E-state index in [1.807, 2.05) is 0 Å². The third-order valence-corrected chi connectivity index (χ3v) is 3.82. The fraction of sp³-hybridized carbons (Fsp3) is 0.222. The van der Waals surface area contributed by atoms with E-state index in [0.29, 0.717) is 0 Å². The minimum Gasteiger partial charge on any atom is -0.316 e. The molecule has 0 heterocycles.